The number of alkyl halides is 3. The predicted octanol–water partition coefficient (Wildman–Crippen LogP) is 3.31. The van der Waals surface area contributed by atoms with Gasteiger partial charge in [0, 0.05) is 11.9 Å². The van der Waals surface area contributed by atoms with Crippen LogP contribution in [0.5, 0.6) is 0 Å². The van der Waals surface area contributed by atoms with Gasteiger partial charge in [0.25, 0.3) is 0 Å². The van der Waals surface area contributed by atoms with Gasteiger partial charge in [0.05, 0.1) is 18.7 Å². The van der Waals surface area contributed by atoms with Crippen molar-refractivity contribution in [1.82, 2.24) is 4.98 Å². The minimum absolute atomic E-state index is 0.0533. The average molecular weight is 296 g/mol. The zero-order valence-electron chi connectivity index (χ0n) is 11.5. The van der Waals surface area contributed by atoms with Crippen molar-refractivity contribution in [1.29, 1.82) is 0 Å². The highest BCUT2D eigenvalue weighted by molar-refractivity contribution is 5.83. The van der Waals surface area contributed by atoms with Crippen molar-refractivity contribution in [2.45, 2.75) is 19.2 Å². The maximum absolute atomic E-state index is 12.8. The third kappa shape index (κ3) is 2.81. The van der Waals surface area contributed by atoms with Gasteiger partial charge in [0.2, 0.25) is 0 Å². The first-order valence-electron chi connectivity index (χ1n) is 6.75. The molecule has 1 aliphatic heterocycles. The van der Waals surface area contributed by atoms with Crippen molar-refractivity contribution in [2.24, 2.45) is 0 Å². The molecule has 0 N–H and O–H groups in total. The molecule has 21 heavy (non-hydrogen) atoms. The highest BCUT2D eigenvalue weighted by Gasteiger charge is 2.43. The third-order valence-corrected chi connectivity index (χ3v) is 3.67. The standard InChI is InChI=1S/C15H15F3N2O/c1-10-8-14(19-12-5-3-2-4-11(10)12)20-6-7-21-13(9-20)15(16,17)18/h2-5,8,13H,6-7,9H2,1H3/t13-/m1/s1. The van der Waals surface area contributed by atoms with Crippen LogP contribution in [0.25, 0.3) is 10.9 Å². The number of benzene rings is 1. The average Bonchev–Trinajstić information content (AvgIpc) is 2.46. The fraction of sp³-hybridized carbons (Fsp3) is 0.400. The highest BCUT2D eigenvalue weighted by Crippen LogP contribution is 2.29. The van der Waals surface area contributed by atoms with E-state index in [1.54, 1.807) is 4.90 Å². The summed E-state index contributed by atoms with van der Waals surface area (Å²) >= 11 is 0. The molecule has 0 radical (unpaired) electrons. The number of rotatable bonds is 1. The van der Waals surface area contributed by atoms with Crippen molar-refractivity contribution in [2.75, 3.05) is 24.6 Å². The van der Waals surface area contributed by atoms with Gasteiger partial charge in [0.1, 0.15) is 5.82 Å². The predicted molar refractivity (Wildman–Crippen MR) is 74.5 cm³/mol. The Morgan fingerprint density at radius 3 is 2.81 bits per heavy atom. The van der Waals surface area contributed by atoms with E-state index in [9.17, 15) is 13.2 Å². The van der Waals surface area contributed by atoms with Gasteiger partial charge in [-0.05, 0) is 24.6 Å². The van der Waals surface area contributed by atoms with Crippen molar-refractivity contribution in [3.63, 3.8) is 0 Å². The van der Waals surface area contributed by atoms with Gasteiger partial charge in [-0.15, -0.1) is 0 Å². The Balaban J connectivity index is 1.93. The Kier molecular flexibility index (Phi) is 3.49. The summed E-state index contributed by atoms with van der Waals surface area (Å²) in [5.74, 6) is 0.573. The lowest BCUT2D eigenvalue weighted by atomic mass is 10.1. The van der Waals surface area contributed by atoms with E-state index in [2.05, 4.69) is 4.98 Å². The van der Waals surface area contributed by atoms with E-state index in [1.807, 2.05) is 37.3 Å². The zero-order valence-corrected chi connectivity index (χ0v) is 11.5. The van der Waals surface area contributed by atoms with E-state index < -0.39 is 12.3 Å². The minimum Gasteiger partial charge on any atom is -0.365 e. The zero-order chi connectivity index (χ0) is 15.0. The molecule has 0 spiro atoms. The molecule has 0 amide bonds. The minimum atomic E-state index is -4.34. The molecule has 3 nitrogen and oxygen atoms in total. The molecule has 1 aromatic carbocycles. The van der Waals surface area contributed by atoms with Crippen LogP contribution in [0, 0.1) is 6.92 Å². The number of morpholine rings is 1. The Morgan fingerprint density at radius 1 is 1.29 bits per heavy atom. The van der Waals surface area contributed by atoms with Gasteiger partial charge < -0.3 is 9.64 Å². The SMILES string of the molecule is Cc1cc(N2CCO[C@@H](C(F)(F)F)C2)nc2ccccc12. The molecule has 0 bridgehead atoms. The number of aromatic nitrogens is 1. The lowest BCUT2D eigenvalue weighted by molar-refractivity contribution is -0.221. The summed E-state index contributed by atoms with van der Waals surface area (Å²) in [6.07, 6.45) is -6.09. The molecule has 1 aromatic heterocycles. The summed E-state index contributed by atoms with van der Waals surface area (Å²) in [7, 11) is 0. The van der Waals surface area contributed by atoms with Gasteiger partial charge in [-0.1, -0.05) is 18.2 Å². The number of para-hydroxylation sites is 1. The lowest BCUT2D eigenvalue weighted by Crippen LogP contribution is -2.49. The number of pyridine rings is 1. The Labute approximate surface area is 120 Å². The first-order chi connectivity index (χ1) is 9.95. The highest BCUT2D eigenvalue weighted by atomic mass is 19.4. The van der Waals surface area contributed by atoms with Gasteiger partial charge in [-0.3, -0.25) is 0 Å². The second kappa shape index (κ2) is 5.18. The molecule has 3 rings (SSSR count). The smallest absolute Gasteiger partial charge is 0.365 e. The van der Waals surface area contributed by atoms with Crippen LogP contribution in [0.3, 0.4) is 0 Å². The van der Waals surface area contributed by atoms with Crippen molar-refractivity contribution in [3.8, 4) is 0 Å². The van der Waals surface area contributed by atoms with E-state index in [0.717, 1.165) is 16.5 Å². The molecule has 0 saturated carbocycles. The van der Waals surface area contributed by atoms with Crippen LogP contribution in [0.2, 0.25) is 0 Å². The van der Waals surface area contributed by atoms with E-state index >= 15 is 0 Å². The quantitative estimate of drug-likeness (QED) is 0.807. The largest absolute Gasteiger partial charge is 0.416 e. The molecule has 2 heterocycles. The fourth-order valence-corrected chi connectivity index (χ4v) is 2.55. The van der Waals surface area contributed by atoms with Gasteiger partial charge in [0.15, 0.2) is 6.10 Å². The second-order valence-electron chi connectivity index (χ2n) is 5.16. The fourth-order valence-electron chi connectivity index (χ4n) is 2.55. The summed E-state index contributed by atoms with van der Waals surface area (Å²) in [5.41, 5.74) is 1.80. The summed E-state index contributed by atoms with van der Waals surface area (Å²) < 4.78 is 43.2. The van der Waals surface area contributed by atoms with E-state index in [-0.39, 0.29) is 13.2 Å². The maximum atomic E-state index is 12.8. The second-order valence-corrected chi connectivity index (χ2v) is 5.16. The lowest BCUT2D eigenvalue weighted by Gasteiger charge is -2.34. The number of fused-ring (bicyclic) bond motifs is 1. The first-order valence-corrected chi connectivity index (χ1v) is 6.75. The third-order valence-electron chi connectivity index (χ3n) is 3.67. The number of nitrogens with zero attached hydrogens (tertiary/aromatic N) is 2. The van der Waals surface area contributed by atoms with Crippen LogP contribution in [0.1, 0.15) is 5.56 Å². The van der Waals surface area contributed by atoms with Crippen LogP contribution in [-0.4, -0.2) is 37.0 Å². The molecular weight excluding hydrogens is 281 g/mol. The summed E-state index contributed by atoms with van der Waals surface area (Å²) in [6.45, 7) is 2.19. The molecule has 0 unspecified atom stereocenters. The van der Waals surface area contributed by atoms with E-state index in [0.29, 0.717) is 12.4 Å². The number of anilines is 1. The molecule has 0 aliphatic carbocycles. The number of ether oxygens (including phenoxy) is 1. The van der Waals surface area contributed by atoms with E-state index in [4.69, 9.17) is 4.74 Å². The Bertz CT molecular complexity index is 657. The van der Waals surface area contributed by atoms with Crippen LogP contribution in [-0.2, 0) is 4.74 Å². The Morgan fingerprint density at radius 2 is 2.05 bits per heavy atom. The molecule has 1 saturated heterocycles. The van der Waals surface area contributed by atoms with Gasteiger partial charge in [-0.25, -0.2) is 4.98 Å². The van der Waals surface area contributed by atoms with Gasteiger partial charge in [-0.2, -0.15) is 13.2 Å². The van der Waals surface area contributed by atoms with Crippen molar-refractivity contribution in [3.05, 3.63) is 35.9 Å². The molecular formula is C15H15F3N2O. The number of hydrogen-bond acceptors (Lipinski definition) is 3. The molecule has 1 atom stereocenters. The van der Waals surface area contributed by atoms with Crippen LogP contribution >= 0.6 is 0 Å². The van der Waals surface area contributed by atoms with Crippen LogP contribution < -0.4 is 4.90 Å². The summed E-state index contributed by atoms with van der Waals surface area (Å²) in [6, 6.07) is 9.45. The van der Waals surface area contributed by atoms with Crippen LogP contribution in [0.15, 0.2) is 30.3 Å². The monoisotopic (exact) mass is 296 g/mol. The maximum Gasteiger partial charge on any atom is 0.416 e. The Hall–Kier alpha value is -1.82. The van der Waals surface area contributed by atoms with Crippen LogP contribution in [0.4, 0.5) is 19.0 Å². The number of aryl methyl sites for hydroxylation is 1. The number of halogens is 3. The van der Waals surface area contributed by atoms with E-state index in [1.165, 1.54) is 0 Å². The van der Waals surface area contributed by atoms with Gasteiger partial charge >= 0.3 is 6.18 Å². The normalized spacial score (nSPS) is 20.0. The summed E-state index contributed by atoms with van der Waals surface area (Å²) in [4.78, 5) is 6.12. The first kappa shape index (κ1) is 14.1. The molecule has 2 aromatic rings. The van der Waals surface area contributed by atoms with Crippen molar-refractivity contribution >= 4 is 16.7 Å². The summed E-state index contributed by atoms with van der Waals surface area (Å²) in [5, 5.41) is 1.02. The topological polar surface area (TPSA) is 25.4 Å². The molecule has 1 fully saturated rings. The molecule has 112 valence electrons. The molecule has 6 heteroatoms. The van der Waals surface area contributed by atoms with Crippen molar-refractivity contribution < 1.29 is 17.9 Å². The number of hydrogen-bond donors (Lipinski definition) is 0. The molecule has 1 aliphatic rings.